The van der Waals surface area contributed by atoms with Crippen molar-refractivity contribution in [1.29, 1.82) is 0 Å². The van der Waals surface area contributed by atoms with Gasteiger partial charge >= 0.3 is 5.97 Å². The number of esters is 1. The van der Waals surface area contributed by atoms with E-state index in [0.717, 1.165) is 25.7 Å². The van der Waals surface area contributed by atoms with Gasteiger partial charge in [-0.2, -0.15) is 17.0 Å². The summed E-state index contributed by atoms with van der Waals surface area (Å²) in [6, 6.07) is 0. The van der Waals surface area contributed by atoms with Crippen LogP contribution in [0.4, 0.5) is 0 Å². The Morgan fingerprint density at radius 2 is 1.65 bits per heavy atom. The van der Waals surface area contributed by atoms with E-state index in [0.29, 0.717) is 24.9 Å². The van der Waals surface area contributed by atoms with Crippen molar-refractivity contribution in [3.8, 4) is 0 Å². The highest BCUT2D eigenvalue weighted by Gasteiger charge is 2.36. The zero-order valence-electron chi connectivity index (χ0n) is 12.2. The molecule has 0 radical (unpaired) electrons. The smallest absolute Gasteiger partial charge is 0.306 e. The molecule has 0 bridgehead atoms. The van der Waals surface area contributed by atoms with E-state index in [1.807, 2.05) is 0 Å². The Balaban J connectivity index is 1.93. The first-order valence-electron chi connectivity index (χ1n) is 7.21. The number of carbonyl (C=O) groups excluding carboxylic acids is 1. The van der Waals surface area contributed by atoms with Crippen LogP contribution >= 0.6 is 0 Å². The van der Waals surface area contributed by atoms with Crippen LogP contribution in [0.1, 0.15) is 32.1 Å². The summed E-state index contributed by atoms with van der Waals surface area (Å²) in [5, 5.41) is 0. The molecule has 2 fully saturated rings. The molecule has 0 saturated heterocycles. The molecule has 2 rings (SSSR count). The SMILES string of the molecule is COC(=O)CCN(C)S(=O)(=O)N(CC1CC1)CC1CC1. The zero-order valence-corrected chi connectivity index (χ0v) is 13.1. The maximum atomic E-state index is 12.6. The van der Waals surface area contributed by atoms with E-state index in [1.54, 1.807) is 4.31 Å². The predicted molar refractivity (Wildman–Crippen MR) is 75.2 cm³/mol. The molecule has 2 aliphatic carbocycles. The number of hydrogen-bond donors (Lipinski definition) is 0. The van der Waals surface area contributed by atoms with Crippen molar-refractivity contribution < 1.29 is 17.9 Å². The van der Waals surface area contributed by atoms with Crippen molar-refractivity contribution in [2.75, 3.05) is 33.8 Å². The van der Waals surface area contributed by atoms with E-state index < -0.39 is 10.2 Å². The van der Waals surface area contributed by atoms with Crippen LogP contribution in [0, 0.1) is 11.8 Å². The average molecular weight is 304 g/mol. The van der Waals surface area contributed by atoms with Gasteiger partial charge in [0, 0.05) is 26.7 Å². The van der Waals surface area contributed by atoms with Crippen LogP contribution in [0.15, 0.2) is 0 Å². The second-order valence-electron chi connectivity index (χ2n) is 5.86. The van der Waals surface area contributed by atoms with Gasteiger partial charge in [-0.1, -0.05) is 0 Å². The molecule has 0 amide bonds. The van der Waals surface area contributed by atoms with Crippen molar-refractivity contribution in [2.45, 2.75) is 32.1 Å². The van der Waals surface area contributed by atoms with Crippen molar-refractivity contribution in [3.05, 3.63) is 0 Å². The zero-order chi connectivity index (χ0) is 14.8. The van der Waals surface area contributed by atoms with Gasteiger partial charge in [0.15, 0.2) is 0 Å². The van der Waals surface area contributed by atoms with E-state index in [9.17, 15) is 13.2 Å². The van der Waals surface area contributed by atoms with Gasteiger partial charge in [0.05, 0.1) is 13.5 Å². The van der Waals surface area contributed by atoms with Crippen molar-refractivity contribution in [3.63, 3.8) is 0 Å². The second-order valence-corrected chi connectivity index (χ2v) is 7.89. The molecule has 0 N–H and O–H groups in total. The molecular formula is C13H24N2O4S. The molecule has 2 saturated carbocycles. The minimum atomic E-state index is -3.46. The highest BCUT2D eigenvalue weighted by molar-refractivity contribution is 7.86. The minimum absolute atomic E-state index is 0.0902. The molecule has 0 aromatic rings. The summed E-state index contributed by atoms with van der Waals surface area (Å²) < 4.78 is 32.5. The van der Waals surface area contributed by atoms with Gasteiger partial charge in [0.1, 0.15) is 0 Å². The molecule has 0 aliphatic heterocycles. The lowest BCUT2D eigenvalue weighted by atomic mass is 10.4. The van der Waals surface area contributed by atoms with Gasteiger partial charge in [-0.25, -0.2) is 0 Å². The molecule has 7 heteroatoms. The number of hydrogen-bond acceptors (Lipinski definition) is 4. The van der Waals surface area contributed by atoms with Crippen LogP contribution in [0.2, 0.25) is 0 Å². The highest BCUT2D eigenvalue weighted by Crippen LogP contribution is 2.35. The second kappa shape index (κ2) is 6.41. The molecule has 0 atom stereocenters. The van der Waals surface area contributed by atoms with Crippen LogP contribution < -0.4 is 0 Å². The molecule has 2 aliphatic rings. The van der Waals surface area contributed by atoms with Gasteiger partial charge in [-0.3, -0.25) is 4.79 Å². The Labute approximate surface area is 121 Å². The third-order valence-corrected chi connectivity index (χ3v) is 5.82. The Morgan fingerprint density at radius 3 is 2.05 bits per heavy atom. The van der Waals surface area contributed by atoms with Gasteiger partial charge in [0.25, 0.3) is 10.2 Å². The van der Waals surface area contributed by atoms with E-state index in [-0.39, 0.29) is 18.9 Å². The van der Waals surface area contributed by atoms with Crippen LogP contribution in [-0.2, 0) is 19.7 Å². The Kier molecular flexibility index (Phi) is 5.04. The lowest BCUT2D eigenvalue weighted by Crippen LogP contribution is -2.44. The molecule has 0 aromatic heterocycles. The summed E-state index contributed by atoms with van der Waals surface area (Å²) in [4.78, 5) is 11.1. The first-order chi connectivity index (χ1) is 9.43. The molecular weight excluding hydrogens is 280 g/mol. The van der Waals surface area contributed by atoms with Crippen molar-refractivity contribution in [2.24, 2.45) is 11.8 Å². The van der Waals surface area contributed by atoms with Crippen LogP contribution in [0.3, 0.4) is 0 Å². The summed E-state index contributed by atoms with van der Waals surface area (Å²) in [6.07, 6.45) is 4.60. The summed E-state index contributed by atoms with van der Waals surface area (Å²) in [6.45, 7) is 1.42. The fourth-order valence-corrected chi connectivity index (χ4v) is 3.62. The lowest BCUT2D eigenvalue weighted by molar-refractivity contribution is -0.140. The van der Waals surface area contributed by atoms with E-state index in [1.165, 1.54) is 18.5 Å². The fraction of sp³-hybridized carbons (Fsp3) is 0.923. The largest absolute Gasteiger partial charge is 0.469 e. The fourth-order valence-electron chi connectivity index (χ4n) is 2.10. The molecule has 0 aromatic carbocycles. The highest BCUT2D eigenvalue weighted by atomic mass is 32.2. The van der Waals surface area contributed by atoms with Gasteiger partial charge in [0.2, 0.25) is 0 Å². The summed E-state index contributed by atoms with van der Waals surface area (Å²) in [7, 11) is -0.615. The van der Waals surface area contributed by atoms with E-state index in [2.05, 4.69) is 4.74 Å². The number of ether oxygens (including phenoxy) is 1. The average Bonchev–Trinajstić information content (AvgIpc) is 3.29. The molecule has 6 nitrogen and oxygen atoms in total. The maximum Gasteiger partial charge on any atom is 0.306 e. The Bertz CT molecular complexity index is 429. The summed E-state index contributed by atoms with van der Waals surface area (Å²) >= 11 is 0. The standard InChI is InChI=1S/C13H24N2O4S/c1-14(8-7-13(16)19-2)20(17,18)15(9-11-3-4-11)10-12-5-6-12/h11-12H,3-10H2,1-2H3. The van der Waals surface area contributed by atoms with E-state index >= 15 is 0 Å². The van der Waals surface area contributed by atoms with Crippen LogP contribution in [-0.4, -0.2) is 56.8 Å². The molecule has 0 spiro atoms. The van der Waals surface area contributed by atoms with E-state index in [4.69, 9.17) is 0 Å². The molecule has 0 unspecified atom stereocenters. The quantitative estimate of drug-likeness (QED) is 0.592. The first-order valence-corrected chi connectivity index (χ1v) is 8.61. The van der Waals surface area contributed by atoms with Gasteiger partial charge < -0.3 is 4.74 Å². The monoisotopic (exact) mass is 304 g/mol. The lowest BCUT2D eigenvalue weighted by Gasteiger charge is -2.27. The summed E-state index contributed by atoms with van der Waals surface area (Å²) in [5.74, 6) is 0.665. The normalized spacial score (nSPS) is 19.6. The van der Waals surface area contributed by atoms with Crippen molar-refractivity contribution in [1.82, 2.24) is 8.61 Å². The molecule has 116 valence electrons. The first kappa shape index (κ1) is 15.7. The Hall–Kier alpha value is -0.660. The van der Waals surface area contributed by atoms with Crippen molar-refractivity contribution >= 4 is 16.2 Å². The van der Waals surface area contributed by atoms with Crippen LogP contribution in [0.25, 0.3) is 0 Å². The maximum absolute atomic E-state index is 12.6. The Morgan fingerprint density at radius 1 is 1.15 bits per heavy atom. The number of rotatable bonds is 9. The third-order valence-electron chi connectivity index (χ3n) is 3.90. The summed E-state index contributed by atoms with van der Waals surface area (Å²) in [5.41, 5.74) is 0. The number of carbonyl (C=O) groups is 1. The van der Waals surface area contributed by atoms with Gasteiger partial charge in [-0.15, -0.1) is 0 Å². The minimum Gasteiger partial charge on any atom is -0.469 e. The molecule has 20 heavy (non-hydrogen) atoms. The topological polar surface area (TPSA) is 66.9 Å². The third kappa shape index (κ3) is 4.43. The van der Waals surface area contributed by atoms with Crippen LogP contribution in [0.5, 0.6) is 0 Å². The van der Waals surface area contributed by atoms with Gasteiger partial charge in [-0.05, 0) is 37.5 Å². The predicted octanol–water partition coefficient (Wildman–Crippen LogP) is 0.848. The number of nitrogens with zero attached hydrogens (tertiary/aromatic N) is 2. The number of methoxy groups -OCH3 is 1. The molecule has 0 heterocycles.